The Bertz CT molecular complexity index is 470. The Morgan fingerprint density at radius 1 is 1.63 bits per heavy atom. The van der Waals surface area contributed by atoms with Crippen molar-refractivity contribution in [2.45, 2.75) is 25.9 Å². The van der Waals surface area contributed by atoms with Crippen molar-refractivity contribution in [3.63, 3.8) is 0 Å². The molecule has 2 amide bonds. The topological polar surface area (TPSA) is 90.1 Å². The fraction of sp³-hybridized carbons (Fsp3) is 0.583. The molecular formula is C12H19N5O2. The van der Waals surface area contributed by atoms with E-state index in [1.54, 1.807) is 0 Å². The largest absolute Gasteiger partial charge is 0.353 e. The van der Waals surface area contributed by atoms with Crippen molar-refractivity contribution in [2.75, 3.05) is 20.1 Å². The van der Waals surface area contributed by atoms with Crippen molar-refractivity contribution in [1.82, 2.24) is 25.7 Å². The number of aromatic nitrogens is 2. The third kappa shape index (κ3) is 3.54. The lowest BCUT2D eigenvalue weighted by molar-refractivity contribution is -0.133. The lowest BCUT2D eigenvalue weighted by Crippen LogP contribution is -2.54. The number of aryl methyl sites for hydroxylation is 1. The van der Waals surface area contributed by atoms with Crippen molar-refractivity contribution in [3.05, 3.63) is 17.5 Å². The molecule has 1 aliphatic rings. The number of nitrogens with zero attached hydrogens (tertiary/aromatic N) is 2. The highest BCUT2D eigenvalue weighted by atomic mass is 16.2. The van der Waals surface area contributed by atoms with Crippen LogP contribution in [0.5, 0.6) is 0 Å². The molecule has 1 aromatic heterocycles. The quantitative estimate of drug-likeness (QED) is 0.662. The van der Waals surface area contributed by atoms with Gasteiger partial charge in [-0.1, -0.05) is 0 Å². The summed E-state index contributed by atoms with van der Waals surface area (Å²) in [5.74, 6) is -0.228. The van der Waals surface area contributed by atoms with Gasteiger partial charge >= 0.3 is 0 Å². The molecule has 0 spiro atoms. The molecule has 2 rings (SSSR count). The highest BCUT2D eigenvalue weighted by Crippen LogP contribution is 2.06. The minimum atomic E-state index is -0.380. The van der Waals surface area contributed by atoms with Crippen LogP contribution in [0, 0.1) is 6.92 Å². The van der Waals surface area contributed by atoms with Crippen LogP contribution in [-0.4, -0.2) is 53.1 Å². The number of likely N-dealkylation sites (N-methyl/N-ethyl adjacent to an activating group) is 1. The molecule has 7 nitrogen and oxygen atoms in total. The summed E-state index contributed by atoms with van der Waals surface area (Å²) in [6.07, 6.45) is 0.172. The molecule has 1 atom stereocenters. The number of rotatable bonds is 4. The Labute approximate surface area is 111 Å². The molecule has 1 aliphatic heterocycles. The van der Waals surface area contributed by atoms with Crippen LogP contribution in [0.4, 0.5) is 0 Å². The molecule has 1 aromatic rings. The second-order valence-corrected chi connectivity index (χ2v) is 4.81. The van der Waals surface area contributed by atoms with Crippen molar-refractivity contribution in [1.29, 1.82) is 0 Å². The average Bonchev–Trinajstić information content (AvgIpc) is 2.77. The SMILES string of the molecule is Cc1cc(CNC(=O)C[C@@H]2C(=O)NCCN2C)n[nH]1. The van der Waals surface area contributed by atoms with E-state index in [9.17, 15) is 9.59 Å². The Morgan fingerprint density at radius 2 is 2.42 bits per heavy atom. The first-order valence-corrected chi connectivity index (χ1v) is 6.32. The van der Waals surface area contributed by atoms with Gasteiger partial charge in [0.25, 0.3) is 0 Å². The Kier molecular flexibility index (Phi) is 4.16. The number of hydrogen-bond acceptors (Lipinski definition) is 4. The fourth-order valence-electron chi connectivity index (χ4n) is 2.08. The molecule has 19 heavy (non-hydrogen) atoms. The number of carbonyl (C=O) groups excluding carboxylic acids is 2. The first-order chi connectivity index (χ1) is 9.06. The van der Waals surface area contributed by atoms with E-state index >= 15 is 0 Å². The molecule has 0 radical (unpaired) electrons. The van der Waals surface area contributed by atoms with Gasteiger partial charge in [0.1, 0.15) is 0 Å². The normalized spacial score (nSPS) is 20.1. The molecule has 1 saturated heterocycles. The van der Waals surface area contributed by atoms with Crippen molar-refractivity contribution >= 4 is 11.8 Å². The summed E-state index contributed by atoms with van der Waals surface area (Å²) >= 11 is 0. The number of aromatic amines is 1. The van der Waals surface area contributed by atoms with Crippen molar-refractivity contribution in [3.8, 4) is 0 Å². The van der Waals surface area contributed by atoms with E-state index in [0.29, 0.717) is 13.1 Å². The summed E-state index contributed by atoms with van der Waals surface area (Å²) in [4.78, 5) is 25.4. The van der Waals surface area contributed by atoms with Gasteiger partial charge in [-0.25, -0.2) is 0 Å². The highest BCUT2D eigenvalue weighted by Gasteiger charge is 2.28. The van der Waals surface area contributed by atoms with Gasteiger partial charge in [0.2, 0.25) is 11.8 Å². The number of hydrogen-bond donors (Lipinski definition) is 3. The van der Waals surface area contributed by atoms with Crippen LogP contribution in [0.2, 0.25) is 0 Å². The Hall–Kier alpha value is -1.89. The summed E-state index contributed by atoms with van der Waals surface area (Å²) in [7, 11) is 1.85. The van der Waals surface area contributed by atoms with E-state index in [2.05, 4.69) is 20.8 Å². The standard InChI is InChI=1S/C12H19N5O2/c1-8-5-9(16-15-8)7-14-11(18)6-10-12(19)13-3-4-17(10)2/h5,10H,3-4,6-7H2,1-2H3,(H,13,19)(H,14,18)(H,15,16)/t10-/m1/s1. The van der Waals surface area contributed by atoms with E-state index < -0.39 is 0 Å². The monoisotopic (exact) mass is 265 g/mol. The van der Waals surface area contributed by atoms with Crippen molar-refractivity contribution in [2.24, 2.45) is 0 Å². The third-order valence-corrected chi connectivity index (χ3v) is 3.20. The maximum Gasteiger partial charge on any atom is 0.237 e. The summed E-state index contributed by atoms with van der Waals surface area (Å²) in [5, 5.41) is 12.4. The molecule has 0 aromatic carbocycles. The molecule has 0 bridgehead atoms. The van der Waals surface area contributed by atoms with E-state index in [1.165, 1.54) is 0 Å². The zero-order chi connectivity index (χ0) is 13.8. The predicted molar refractivity (Wildman–Crippen MR) is 69.2 cm³/mol. The zero-order valence-electron chi connectivity index (χ0n) is 11.2. The summed E-state index contributed by atoms with van der Waals surface area (Å²) in [5.41, 5.74) is 1.74. The van der Waals surface area contributed by atoms with Crippen LogP contribution in [0.1, 0.15) is 17.8 Å². The number of carbonyl (C=O) groups is 2. The number of H-pyrrole nitrogens is 1. The third-order valence-electron chi connectivity index (χ3n) is 3.20. The Morgan fingerprint density at radius 3 is 3.05 bits per heavy atom. The first-order valence-electron chi connectivity index (χ1n) is 6.32. The first kappa shape index (κ1) is 13.5. The minimum absolute atomic E-state index is 0.0838. The fourth-order valence-corrected chi connectivity index (χ4v) is 2.08. The number of piperazine rings is 1. The van der Waals surface area contributed by atoms with Gasteiger partial charge in [-0.2, -0.15) is 5.10 Å². The van der Waals surface area contributed by atoms with Gasteiger partial charge in [0, 0.05) is 18.8 Å². The molecule has 104 valence electrons. The molecule has 0 aliphatic carbocycles. The van der Waals surface area contributed by atoms with E-state index in [4.69, 9.17) is 0 Å². The van der Waals surface area contributed by atoms with Crippen LogP contribution in [0.3, 0.4) is 0 Å². The molecule has 7 heteroatoms. The van der Waals surface area contributed by atoms with Gasteiger partial charge in [-0.05, 0) is 20.0 Å². The molecule has 2 heterocycles. The maximum atomic E-state index is 11.8. The lowest BCUT2D eigenvalue weighted by Gasteiger charge is -2.31. The second kappa shape index (κ2) is 5.83. The van der Waals surface area contributed by atoms with Crippen LogP contribution in [-0.2, 0) is 16.1 Å². The van der Waals surface area contributed by atoms with Crippen molar-refractivity contribution < 1.29 is 9.59 Å². The summed E-state index contributed by atoms with van der Waals surface area (Å²) in [6, 6.07) is 1.49. The van der Waals surface area contributed by atoms with E-state index in [1.807, 2.05) is 24.9 Å². The average molecular weight is 265 g/mol. The number of amides is 2. The van der Waals surface area contributed by atoms with Crippen LogP contribution < -0.4 is 10.6 Å². The smallest absolute Gasteiger partial charge is 0.237 e. The second-order valence-electron chi connectivity index (χ2n) is 4.81. The van der Waals surface area contributed by atoms with Gasteiger partial charge in [-0.15, -0.1) is 0 Å². The molecule has 1 fully saturated rings. The van der Waals surface area contributed by atoms with E-state index in [0.717, 1.165) is 17.9 Å². The molecular weight excluding hydrogens is 246 g/mol. The predicted octanol–water partition coefficient (Wildman–Crippen LogP) is -0.845. The van der Waals surface area contributed by atoms with Gasteiger partial charge in [0.15, 0.2) is 0 Å². The maximum absolute atomic E-state index is 11.8. The van der Waals surface area contributed by atoms with Crippen LogP contribution in [0.15, 0.2) is 6.07 Å². The summed E-state index contributed by atoms with van der Waals surface area (Å²) in [6.45, 7) is 3.68. The van der Waals surface area contributed by atoms with E-state index in [-0.39, 0.29) is 24.3 Å². The Balaban J connectivity index is 1.82. The van der Waals surface area contributed by atoms with Crippen LogP contribution in [0.25, 0.3) is 0 Å². The number of nitrogens with one attached hydrogen (secondary N) is 3. The van der Waals surface area contributed by atoms with Gasteiger partial charge in [0.05, 0.1) is 24.7 Å². The molecule has 3 N–H and O–H groups in total. The zero-order valence-corrected chi connectivity index (χ0v) is 11.2. The van der Waals surface area contributed by atoms with Gasteiger partial charge < -0.3 is 10.6 Å². The summed E-state index contributed by atoms with van der Waals surface area (Å²) < 4.78 is 0. The molecule has 0 saturated carbocycles. The lowest BCUT2D eigenvalue weighted by atomic mass is 10.1. The molecule has 0 unspecified atom stereocenters. The highest BCUT2D eigenvalue weighted by molar-refractivity contribution is 5.88. The minimum Gasteiger partial charge on any atom is -0.353 e. The van der Waals surface area contributed by atoms with Crippen LogP contribution >= 0.6 is 0 Å². The van der Waals surface area contributed by atoms with Gasteiger partial charge in [-0.3, -0.25) is 19.6 Å².